The Morgan fingerprint density at radius 2 is 1.83 bits per heavy atom. The fourth-order valence-electron chi connectivity index (χ4n) is 5.77. The Balaban J connectivity index is 1.45. The van der Waals surface area contributed by atoms with Gasteiger partial charge in [0.2, 0.25) is 5.95 Å². The highest BCUT2D eigenvalue weighted by atomic mass is 31.2. The number of hydrogen-bond donors (Lipinski definition) is 3. The maximum atomic E-state index is 14.2. The lowest BCUT2D eigenvalue weighted by Crippen LogP contribution is -2.35. The molecule has 1 aliphatic carbocycles. The van der Waals surface area contributed by atoms with Crippen LogP contribution >= 0.6 is 7.14 Å². The van der Waals surface area contributed by atoms with Crippen molar-refractivity contribution in [2.45, 2.75) is 76.7 Å². The largest absolute Gasteiger partial charge is 0.465 e. The maximum Gasteiger partial charge on any atom is 0.419 e. The Kier molecular flexibility index (Phi) is 11.0. The summed E-state index contributed by atoms with van der Waals surface area (Å²) in [6.07, 6.45) is 1.16. The summed E-state index contributed by atoms with van der Waals surface area (Å²) in [6.45, 7) is 9.81. The molecule has 0 aliphatic heterocycles. The molecule has 2 heterocycles. The standard InChI is InChI=1S/C32H44F3N6O5P/c1-31(2,3)46-30(43)41(4)15-9-8-14-36-19-10-11-20(16-19)39-29-38-18-24(32(33,34)35)25(40-29)23-17-37-26-21(23)12-13-22(28(42)45-5)27(26)47(6,7)44/h12-13,17-20,36-37H,8-11,14-16H2,1-7H3,(H,38,39,40)/t19-,20-/m0/s1. The van der Waals surface area contributed by atoms with Gasteiger partial charge in [0.05, 0.1) is 23.9 Å². The van der Waals surface area contributed by atoms with Gasteiger partial charge in [0.1, 0.15) is 18.3 Å². The molecular weight excluding hydrogens is 636 g/mol. The minimum absolute atomic E-state index is 0.0429. The molecule has 1 amide bonds. The highest BCUT2D eigenvalue weighted by Crippen LogP contribution is 2.43. The number of benzene rings is 1. The number of methoxy groups -OCH3 is 1. The van der Waals surface area contributed by atoms with Crippen molar-refractivity contribution in [1.82, 2.24) is 25.2 Å². The number of anilines is 1. The van der Waals surface area contributed by atoms with Crippen molar-refractivity contribution >= 4 is 41.4 Å². The number of rotatable bonds is 11. The van der Waals surface area contributed by atoms with E-state index in [0.29, 0.717) is 17.4 Å². The summed E-state index contributed by atoms with van der Waals surface area (Å²) in [4.78, 5) is 37.4. The third kappa shape index (κ3) is 9.04. The molecule has 3 aromatic rings. The monoisotopic (exact) mass is 680 g/mol. The van der Waals surface area contributed by atoms with E-state index in [2.05, 4.69) is 25.6 Å². The van der Waals surface area contributed by atoms with E-state index in [1.54, 1.807) is 11.9 Å². The lowest BCUT2D eigenvalue weighted by atomic mass is 10.0. The Hall–Kier alpha value is -3.64. The van der Waals surface area contributed by atoms with Crippen molar-refractivity contribution in [2.75, 3.05) is 45.9 Å². The minimum Gasteiger partial charge on any atom is -0.465 e. The molecule has 1 saturated carbocycles. The van der Waals surface area contributed by atoms with Crippen LogP contribution in [0.2, 0.25) is 0 Å². The molecule has 2 atom stereocenters. The second-order valence-corrected chi connectivity index (χ2v) is 16.4. The van der Waals surface area contributed by atoms with Gasteiger partial charge in [0.25, 0.3) is 0 Å². The number of esters is 1. The molecule has 15 heteroatoms. The normalized spacial score (nSPS) is 17.1. The van der Waals surface area contributed by atoms with Crippen molar-refractivity contribution in [3.63, 3.8) is 0 Å². The first-order valence-corrected chi connectivity index (χ1v) is 18.2. The number of amides is 1. The molecule has 1 aromatic carbocycles. The quantitative estimate of drug-likeness (QED) is 0.122. The van der Waals surface area contributed by atoms with Crippen molar-refractivity contribution in [3.8, 4) is 11.3 Å². The van der Waals surface area contributed by atoms with Gasteiger partial charge in [-0.2, -0.15) is 13.2 Å². The molecule has 11 nitrogen and oxygen atoms in total. The fraction of sp³-hybridized carbons (Fsp3) is 0.562. The van der Waals surface area contributed by atoms with Gasteiger partial charge in [0.15, 0.2) is 0 Å². The van der Waals surface area contributed by atoms with E-state index in [-0.39, 0.29) is 46.3 Å². The average Bonchev–Trinajstić information content (AvgIpc) is 3.60. The molecule has 47 heavy (non-hydrogen) atoms. The highest BCUT2D eigenvalue weighted by Gasteiger charge is 2.37. The van der Waals surface area contributed by atoms with Gasteiger partial charge >= 0.3 is 18.2 Å². The van der Waals surface area contributed by atoms with Gasteiger partial charge in [0, 0.05) is 54.3 Å². The first kappa shape index (κ1) is 36.2. The van der Waals surface area contributed by atoms with Crippen LogP contribution in [0.1, 0.15) is 68.8 Å². The molecule has 3 N–H and O–H groups in total. The topological polar surface area (TPSA) is 139 Å². The third-order valence-electron chi connectivity index (χ3n) is 7.95. The van der Waals surface area contributed by atoms with E-state index in [4.69, 9.17) is 9.47 Å². The molecule has 0 radical (unpaired) electrons. The minimum atomic E-state index is -4.73. The van der Waals surface area contributed by atoms with Gasteiger partial charge in [-0.15, -0.1) is 0 Å². The molecule has 1 aliphatic rings. The van der Waals surface area contributed by atoms with Crippen LogP contribution in [0.25, 0.3) is 22.2 Å². The maximum absolute atomic E-state index is 14.2. The van der Waals surface area contributed by atoms with E-state index >= 15 is 0 Å². The van der Waals surface area contributed by atoms with Crippen molar-refractivity contribution in [1.29, 1.82) is 0 Å². The van der Waals surface area contributed by atoms with Crippen LogP contribution in [0, 0.1) is 0 Å². The van der Waals surface area contributed by atoms with Crippen LogP contribution in [-0.2, 0) is 20.2 Å². The number of carbonyl (C=O) groups is 2. The second-order valence-electron chi connectivity index (χ2n) is 13.3. The number of alkyl halides is 3. The predicted molar refractivity (Wildman–Crippen MR) is 176 cm³/mol. The summed E-state index contributed by atoms with van der Waals surface area (Å²) in [5.74, 6) is -0.622. The van der Waals surface area contributed by atoms with Gasteiger partial charge in [-0.05, 0) is 78.8 Å². The SMILES string of the molecule is COC(=O)c1ccc2c(-c3nc(N[C@H]4CC[C@H](NCCCCN(C)C(=O)OC(C)(C)C)C4)ncc3C(F)(F)F)c[nH]c2c1P(C)(C)=O. The number of aromatic amines is 1. The van der Waals surface area contributed by atoms with E-state index in [1.807, 2.05) is 20.8 Å². The summed E-state index contributed by atoms with van der Waals surface area (Å²) in [7, 11) is -0.159. The van der Waals surface area contributed by atoms with E-state index < -0.39 is 30.5 Å². The number of nitrogens with zero attached hydrogens (tertiary/aromatic N) is 3. The second kappa shape index (κ2) is 14.2. The number of fused-ring (bicyclic) bond motifs is 1. The number of halogens is 3. The molecule has 0 unspecified atom stereocenters. The van der Waals surface area contributed by atoms with Crippen molar-refractivity contribution in [2.24, 2.45) is 0 Å². The molecule has 258 valence electrons. The number of aromatic nitrogens is 3. The lowest BCUT2D eigenvalue weighted by molar-refractivity contribution is -0.137. The first-order chi connectivity index (χ1) is 21.9. The molecule has 4 rings (SSSR count). The fourth-order valence-corrected chi connectivity index (χ4v) is 7.24. The number of H-pyrrole nitrogens is 1. The smallest absolute Gasteiger partial charge is 0.419 e. The summed E-state index contributed by atoms with van der Waals surface area (Å²) >= 11 is 0. The third-order valence-corrected chi connectivity index (χ3v) is 9.49. The molecule has 2 aromatic heterocycles. The van der Waals surface area contributed by atoms with Crippen LogP contribution < -0.4 is 15.9 Å². The average molecular weight is 681 g/mol. The van der Waals surface area contributed by atoms with E-state index in [1.165, 1.54) is 38.8 Å². The van der Waals surface area contributed by atoms with Gasteiger partial charge in [-0.25, -0.2) is 19.6 Å². The van der Waals surface area contributed by atoms with Gasteiger partial charge in [-0.3, -0.25) is 0 Å². The Morgan fingerprint density at radius 3 is 2.47 bits per heavy atom. The van der Waals surface area contributed by atoms with Crippen LogP contribution in [0.15, 0.2) is 24.5 Å². The molecule has 0 spiro atoms. The number of unbranched alkanes of at least 4 members (excludes halogenated alkanes) is 1. The number of hydrogen-bond acceptors (Lipinski definition) is 9. The molecular formula is C32H44F3N6O5P. The predicted octanol–water partition coefficient (Wildman–Crippen LogP) is 6.25. The Labute approximate surface area is 272 Å². The van der Waals surface area contributed by atoms with Crippen LogP contribution in [0.4, 0.5) is 23.9 Å². The number of ether oxygens (including phenoxy) is 2. The van der Waals surface area contributed by atoms with Gasteiger partial charge in [-0.1, -0.05) is 6.07 Å². The van der Waals surface area contributed by atoms with Crippen LogP contribution in [0.5, 0.6) is 0 Å². The van der Waals surface area contributed by atoms with Crippen LogP contribution in [-0.4, -0.2) is 90.2 Å². The zero-order chi connectivity index (χ0) is 34.7. The van der Waals surface area contributed by atoms with Gasteiger partial charge < -0.3 is 34.6 Å². The zero-order valence-corrected chi connectivity index (χ0v) is 28.8. The Morgan fingerprint density at radius 1 is 1.13 bits per heavy atom. The highest BCUT2D eigenvalue weighted by molar-refractivity contribution is 7.70. The Bertz CT molecular complexity index is 1650. The number of carbonyl (C=O) groups excluding carboxylic acids is 2. The zero-order valence-electron chi connectivity index (χ0n) is 27.9. The lowest BCUT2D eigenvalue weighted by Gasteiger charge is -2.24. The number of nitrogens with one attached hydrogen (secondary N) is 3. The summed E-state index contributed by atoms with van der Waals surface area (Å²) in [6, 6.07) is 3.10. The van der Waals surface area contributed by atoms with E-state index in [9.17, 15) is 27.3 Å². The van der Waals surface area contributed by atoms with Crippen molar-refractivity contribution < 1.29 is 36.8 Å². The molecule has 1 fully saturated rings. The molecule has 0 bridgehead atoms. The summed E-state index contributed by atoms with van der Waals surface area (Å²) in [5.41, 5.74) is -1.36. The van der Waals surface area contributed by atoms with Crippen molar-refractivity contribution in [3.05, 3.63) is 35.7 Å². The summed E-state index contributed by atoms with van der Waals surface area (Å²) in [5, 5.41) is 7.29. The summed E-state index contributed by atoms with van der Waals surface area (Å²) < 4.78 is 66.0. The van der Waals surface area contributed by atoms with Crippen LogP contribution in [0.3, 0.4) is 0 Å². The first-order valence-electron chi connectivity index (χ1n) is 15.6. The van der Waals surface area contributed by atoms with E-state index in [0.717, 1.165) is 44.8 Å². The molecule has 0 saturated heterocycles.